The minimum atomic E-state index is -0.590. The number of amides is 1. The number of hydrogen-bond acceptors (Lipinski definition) is 6. The molecule has 0 aliphatic carbocycles. The Morgan fingerprint density at radius 2 is 1.82 bits per heavy atom. The van der Waals surface area contributed by atoms with Gasteiger partial charge >= 0.3 is 0 Å². The molecule has 0 bridgehead atoms. The summed E-state index contributed by atoms with van der Waals surface area (Å²) < 4.78 is 15.5. The summed E-state index contributed by atoms with van der Waals surface area (Å²) in [6.45, 7) is -0.123. The molecule has 0 spiro atoms. The van der Waals surface area contributed by atoms with E-state index in [1.54, 1.807) is 30.3 Å². The molecule has 2 aromatic rings. The molecule has 2 rings (SSSR count). The summed E-state index contributed by atoms with van der Waals surface area (Å²) in [5.41, 5.74) is 0.870. The zero-order valence-corrected chi connectivity index (χ0v) is 15.9. The number of rotatable bonds is 7. The van der Waals surface area contributed by atoms with E-state index in [0.29, 0.717) is 33.5 Å². The maximum Gasteiger partial charge on any atom is 0.266 e. The van der Waals surface area contributed by atoms with Crippen molar-refractivity contribution in [3.05, 3.63) is 52.6 Å². The number of nitrogens with zero attached hydrogens (tertiary/aromatic N) is 2. The average molecular weight is 398 g/mol. The summed E-state index contributed by atoms with van der Waals surface area (Å²) in [6.07, 6.45) is 1.41. The standard InChI is InChI=1S/C20H16ClN3O4/c1-26-17-6-4-15(11-16(17)21)24-20(25)14(12-23)9-13-3-5-18(28-8-7-22)19(10-13)27-2/h3-6,9-11H,8H2,1-2H3,(H,24,25)/b14-9+. The maximum atomic E-state index is 12.4. The lowest BCUT2D eigenvalue weighted by Crippen LogP contribution is -2.13. The van der Waals surface area contributed by atoms with Crippen molar-refractivity contribution >= 4 is 29.3 Å². The summed E-state index contributed by atoms with van der Waals surface area (Å²) in [5, 5.41) is 20.9. The van der Waals surface area contributed by atoms with Crippen molar-refractivity contribution < 1.29 is 19.0 Å². The van der Waals surface area contributed by atoms with Crippen molar-refractivity contribution in [2.24, 2.45) is 0 Å². The number of hydrogen-bond donors (Lipinski definition) is 1. The quantitative estimate of drug-likeness (QED) is 0.562. The van der Waals surface area contributed by atoms with Gasteiger partial charge in [-0.05, 0) is 42.0 Å². The van der Waals surface area contributed by atoms with Gasteiger partial charge in [0.15, 0.2) is 18.1 Å². The van der Waals surface area contributed by atoms with Gasteiger partial charge < -0.3 is 19.5 Å². The number of ether oxygens (including phenoxy) is 3. The van der Waals surface area contributed by atoms with Gasteiger partial charge in [0.25, 0.3) is 5.91 Å². The summed E-state index contributed by atoms with van der Waals surface area (Å²) in [7, 11) is 2.94. The van der Waals surface area contributed by atoms with Crippen molar-refractivity contribution in [1.82, 2.24) is 0 Å². The van der Waals surface area contributed by atoms with Crippen LogP contribution < -0.4 is 19.5 Å². The molecule has 0 saturated heterocycles. The van der Waals surface area contributed by atoms with E-state index in [1.165, 1.54) is 26.4 Å². The summed E-state index contributed by atoms with van der Waals surface area (Å²) in [5.74, 6) is 0.648. The lowest BCUT2D eigenvalue weighted by Gasteiger charge is -2.09. The fourth-order valence-corrected chi connectivity index (χ4v) is 2.52. The van der Waals surface area contributed by atoms with Crippen LogP contribution in [0.5, 0.6) is 17.2 Å². The van der Waals surface area contributed by atoms with Gasteiger partial charge in [0.1, 0.15) is 23.5 Å². The van der Waals surface area contributed by atoms with Crippen LogP contribution in [0.15, 0.2) is 42.0 Å². The molecule has 0 radical (unpaired) electrons. The number of benzene rings is 2. The smallest absolute Gasteiger partial charge is 0.266 e. The molecule has 0 aliphatic heterocycles. The van der Waals surface area contributed by atoms with Gasteiger partial charge in [0.2, 0.25) is 0 Å². The topological polar surface area (TPSA) is 104 Å². The molecule has 2 aromatic carbocycles. The molecule has 0 atom stereocenters. The number of carbonyl (C=O) groups is 1. The second kappa shape index (κ2) is 9.86. The van der Waals surface area contributed by atoms with E-state index in [4.69, 9.17) is 31.1 Å². The highest BCUT2D eigenvalue weighted by molar-refractivity contribution is 6.32. The summed E-state index contributed by atoms with van der Waals surface area (Å²) in [4.78, 5) is 12.4. The molecule has 0 fully saturated rings. The minimum absolute atomic E-state index is 0.111. The van der Waals surface area contributed by atoms with Crippen LogP contribution in [-0.4, -0.2) is 26.7 Å². The lowest BCUT2D eigenvalue weighted by molar-refractivity contribution is -0.112. The van der Waals surface area contributed by atoms with Gasteiger partial charge in [0, 0.05) is 5.69 Å². The van der Waals surface area contributed by atoms with Crippen LogP contribution in [0.2, 0.25) is 5.02 Å². The molecule has 28 heavy (non-hydrogen) atoms. The van der Waals surface area contributed by atoms with E-state index in [1.807, 2.05) is 12.1 Å². The first-order valence-corrected chi connectivity index (χ1v) is 8.34. The van der Waals surface area contributed by atoms with Crippen molar-refractivity contribution in [3.63, 3.8) is 0 Å². The highest BCUT2D eigenvalue weighted by Gasteiger charge is 2.12. The van der Waals surface area contributed by atoms with Crippen LogP contribution in [0.1, 0.15) is 5.56 Å². The third-order valence-electron chi connectivity index (χ3n) is 3.57. The van der Waals surface area contributed by atoms with Crippen molar-refractivity contribution in [2.75, 3.05) is 26.1 Å². The molecule has 142 valence electrons. The molecule has 0 aromatic heterocycles. The second-order valence-corrected chi connectivity index (χ2v) is 5.74. The number of halogens is 1. The van der Waals surface area contributed by atoms with Gasteiger partial charge in [-0.25, -0.2) is 0 Å². The molecule has 0 heterocycles. The van der Waals surface area contributed by atoms with Crippen molar-refractivity contribution in [2.45, 2.75) is 0 Å². The van der Waals surface area contributed by atoms with Crippen molar-refractivity contribution in [1.29, 1.82) is 10.5 Å². The molecule has 8 heteroatoms. The van der Waals surface area contributed by atoms with Crippen LogP contribution in [-0.2, 0) is 4.79 Å². The van der Waals surface area contributed by atoms with Gasteiger partial charge in [-0.1, -0.05) is 17.7 Å². The highest BCUT2D eigenvalue weighted by atomic mass is 35.5. The molecular formula is C20H16ClN3O4. The number of anilines is 1. The minimum Gasteiger partial charge on any atom is -0.495 e. The lowest BCUT2D eigenvalue weighted by atomic mass is 10.1. The second-order valence-electron chi connectivity index (χ2n) is 5.33. The van der Waals surface area contributed by atoms with E-state index < -0.39 is 5.91 Å². The predicted octanol–water partition coefficient (Wildman–Crippen LogP) is 3.81. The fraction of sp³-hybridized carbons (Fsp3) is 0.150. The van der Waals surface area contributed by atoms with Crippen LogP contribution in [0.25, 0.3) is 6.08 Å². The largest absolute Gasteiger partial charge is 0.495 e. The van der Waals surface area contributed by atoms with Crippen LogP contribution in [0.4, 0.5) is 5.69 Å². The van der Waals surface area contributed by atoms with Crippen LogP contribution in [0.3, 0.4) is 0 Å². The third kappa shape index (κ3) is 5.16. The number of carbonyl (C=O) groups excluding carboxylic acids is 1. The first-order valence-electron chi connectivity index (χ1n) is 7.96. The van der Waals surface area contributed by atoms with Gasteiger partial charge in [-0.2, -0.15) is 10.5 Å². The van der Waals surface area contributed by atoms with Gasteiger partial charge in [-0.3, -0.25) is 4.79 Å². The third-order valence-corrected chi connectivity index (χ3v) is 3.86. The number of nitrogens with one attached hydrogen (secondary N) is 1. The Labute approximate surface area is 167 Å². The predicted molar refractivity (Wildman–Crippen MR) is 104 cm³/mol. The van der Waals surface area contributed by atoms with E-state index in [-0.39, 0.29) is 12.2 Å². The first kappa shape index (κ1) is 20.6. The Morgan fingerprint density at radius 3 is 2.43 bits per heavy atom. The first-order chi connectivity index (χ1) is 13.5. The Hall–Kier alpha value is -3.68. The highest BCUT2D eigenvalue weighted by Crippen LogP contribution is 2.29. The summed E-state index contributed by atoms with van der Waals surface area (Å²) in [6, 6.07) is 13.3. The van der Waals surface area contributed by atoms with Gasteiger partial charge in [0.05, 0.1) is 19.2 Å². The number of nitriles is 2. The Morgan fingerprint density at radius 1 is 1.11 bits per heavy atom. The molecule has 0 unspecified atom stereocenters. The van der Waals surface area contributed by atoms with Crippen LogP contribution in [0, 0.1) is 22.7 Å². The van der Waals surface area contributed by atoms with E-state index in [2.05, 4.69) is 5.32 Å². The van der Waals surface area contributed by atoms with Crippen LogP contribution >= 0.6 is 11.6 Å². The van der Waals surface area contributed by atoms with Gasteiger partial charge in [-0.15, -0.1) is 0 Å². The molecule has 0 aliphatic rings. The molecular weight excluding hydrogens is 382 g/mol. The Balaban J connectivity index is 2.23. The monoisotopic (exact) mass is 397 g/mol. The fourth-order valence-electron chi connectivity index (χ4n) is 2.26. The Bertz CT molecular complexity index is 990. The zero-order chi connectivity index (χ0) is 20.5. The maximum absolute atomic E-state index is 12.4. The SMILES string of the molecule is COc1ccc(NC(=O)/C(C#N)=C/c2ccc(OCC#N)c(OC)c2)cc1Cl. The van der Waals surface area contributed by atoms with E-state index in [0.717, 1.165) is 0 Å². The average Bonchev–Trinajstić information content (AvgIpc) is 2.70. The van der Waals surface area contributed by atoms with E-state index >= 15 is 0 Å². The zero-order valence-electron chi connectivity index (χ0n) is 15.2. The molecule has 7 nitrogen and oxygen atoms in total. The number of methoxy groups -OCH3 is 2. The summed E-state index contributed by atoms with van der Waals surface area (Å²) >= 11 is 6.04. The molecule has 1 N–H and O–H groups in total. The van der Waals surface area contributed by atoms with Crippen molar-refractivity contribution in [3.8, 4) is 29.4 Å². The Kier molecular flexibility index (Phi) is 7.27. The molecule has 1 amide bonds. The van der Waals surface area contributed by atoms with E-state index in [9.17, 15) is 10.1 Å². The normalized spacial score (nSPS) is 10.4. The molecule has 0 saturated carbocycles.